The number of rotatable bonds is 5. The quantitative estimate of drug-likeness (QED) is 0.662. The molecule has 0 saturated carbocycles. The fraction of sp³-hybridized carbons (Fsp3) is 0.278. The molecule has 0 heterocycles. The number of ether oxygens (including phenoxy) is 2. The van der Waals surface area contributed by atoms with Gasteiger partial charge >= 0.3 is 0 Å². The van der Waals surface area contributed by atoms with Crippen molar-refractivity contribution in [2.24, 2.45) is 0 Å². The maximum absolute atomic E-state index is 6.32. The summed E-state index contributed by atoms with van der Waals surface area (Å²) in [5, 5.41) is 4.43. The minimum atomic E-state index is 0.263. The Hall–Kier alpha value is -1.49. The Morgan fingerprint density at radius 2 is 1.96 bits per heavy atom. The molecular formula is C18H19Cl2NO2S. The lowest BCUT2D eigenvalue weighted by atomic mass is 10.1. The minimum absolute atomic E-state index is 0.263. The molecule has 0 fully saturated rings. The zero-order chi connectivity index (χ0) is 17.7. The van der Waals surface area contributed by atoms with Crippen molar-refractivity contribution >= 4 is 46.3 Å². The Labute approximate surface area is 157 Å². The van der Waals surface area contributed by atoms with Crippen LogP contribution in [-0.4, -0.2) is 12.3 Å². The van der Waals surface area contributed by atoms with Crippen LogP contribution in [0.25, 0.3) is 0 Å². The highest BCUT2D eigenvalue weighted by Gasteiger charge is 2.12. The summed E-state index contributed by atoms with van der Waals surface area (Å²) in [6.07, 6.45) is 0.929. The largest absolute Gasteiger partial charge is 0.487 e. The van der Waals surface area contributed by atoms with E-state index in [1.165, 1.54) is 12.7 Å². The molecule has 6 heteroatoms. The van der Waals surface area contributed by atoms with E-state index in [9.17, 15) is 0 Å². The molecule has 1 N–H and O–H groups in total. The van der Waals surface area contributed by atoms with E-state index in [4.69, 9.17) is 44.9 Å². The predicted molar refractivity (Wildman–Crippen MR) is 105 cm³/mol. The van der Waals surface area contributed by atoms with Gasteiger partial charge in [0, 0.05) is 16.3 Å². The number of methoxy groups -OCH3 is 1. The van der Waals surface area contributed by atoms with Crippen molar-refractivity contribution in [2.75, 3.05) is 12.4 Å². The Balaban J connectivity index is 2.23. The topological polar surface area (TPSA) is 30.5 Å². The SMILES string of the molecule is CCc1cc(Cl)c(OCc2c(Cl)cccc2NC(=S)OC)cc1C. The average molecular weight is 384 g/mol. The molecule has 0 amide bonds. The van der Waals surface area contributed by atoms with Gasteiger partial charge in [-0.05, 0) is 61.0 Å². The van der Waals surface area contributed by atoms with E-state index in [-0.39, 0.29) is 11.8 Å². The highest BCUT2D eigenvalue weighted by Crippen LogP contribution is 2.31. The smallest absolute Gasteiger partial charge is 0.260 e. The first-order chi connectivity index (χ1) is 11.5. The number of hydrogen-bond donors (Lipinski definition) is 1. The Morgan fingerprint density at radius 1 is 1.21 bits per heavy atom. The summed E-state index contributed by atoms with van der Waals surface area (Å²) in [6.45, 7) is 4.40. The second-order valence-corrected chi connectivity index (χ2v) is 6.42. The van der Waals surface area contributed by atoms with Crippen molar-refractivity contribution in [3.05, 3.63) is 57.1 Å². The third kappa shape index (κ3) is 4.53. The van der Waals surface area contributed by atoms with Gasteiger partial charge in [0.05, 0.1) is 12.1 Å². The van der Waals surface area contributed by atoms with E-state index >= 15 is 0 Å². The van der Waals surface area contributed by atoms with E-state index in [0.717, 1.165) is 23.2 Å². The number of thiocarbonyl (C=S) groups is 1. The summed E-state index contributed by atoms with van der Waals surface area (Å²) >= 11 is 17.7. The standard InChI is InChI=1S/C18H19Cl2NO2S/c1-4-12-9-15(20)17(8-11(12)2)23-10-13-14(19)6-5-7-16(13)21-18(24)22-3/h5-9H,4,10H2,1-3H3,(H,21,24). The number of anilines is 1. The van der Waals surface area contributed by atoms with Crippen molar-refractivity contribution in [1.82, 2.24) is 0 Å². The van der Waals surface area contributed by atoms with E-state index < -0.39 is 0 Å². The first-order valence-corrected chi connectivity index (χ1v) is 8.66. The van der Waals surface area contributed by atoms with Crippen LogP contribution in [0.4, 0.5) is 5.69 Å². The minimum Gasteiger partial charge on any atom is -0.487 e. The van der Waals surface area contributed by atoms with Crippen LogP contribution in [0.15, 0.2) is 30.3 Å². The van der Waals surface area contributed by atoms with Gasteiger partial charge in [0.1, 0.15) is 12.4 Å². The Kier molecular flexibility index (Phi) is 6.72. The summed E-state index contributed by atoms with van der Waals surface area (Å²) in [4.78, 5) is 0. The Bertz CT molecular complexity index is 750. The fourth-order valence-electron chi connectivity index (χ4n) is 2.32. The normalized spacial score (nSPS) is 10.4. The predicted octanol–water partition coefficient (Wildman–Crippen LogP) is 5.79. The van der Waals surface area contributed by atoms with Crippen molar-refractivity contribution < 1.29 is 9.47 Å². The zero-order valence-electron chi connectivity index (χ0n) is 13.8. The molecule has 2 aromatic carbocycles. The Morgan fingerprint density at radius 3 is 2.62 bits per heavy atom. The molecule has 0 aliphatic carbocycles. The second kappa shape index (κ2) is 8.56. The summed E-state index contributed by atoms with van der Waals surface area (Å²) in [6, 6.07) is 9.39. The zero-order valence-corrected chi connectivity index (χ0v) is 16.1. The number of halogens is 2. The monoisotopic (exact) mass is 383 g/mol. The van der Waals surface area contributed by atoms with Crippen LogP contribution < -0.4 is 10.1 Å². The molecule has 0 aliphatic heterocycles. The molecule has 0 aromatic heterocycles. The van der Waals surface area contributed by atoms with Gasteiger partial charge in [-0.15, -0.1) is 0 Å². The summed E-state index contributed by atoms with van der Waals surface area (Å²) < 4.78 is 10.9. The number of aryl methyl sites for hydroxylation is 2. The molecule has 0 bridgehead atoms. The van der Waals surface area contributed by atoms with Crippen molar-refractivity contribution in [2.45, 2.75) is 26.9 Å². The van der Waals surface area contributed by atoms with E-state index in [1.807, 2.05) is 31.2 Å². The highest BCUT2D eigenvalue weighted by atomic mass is 35.5. The third-order valence-corrected chi connectivity index (χ3v) is 4.60. The maximum atomic E-state index is 6.32. The molecule has 0 unspecified atom stereocenters. The number of hydrogen-bond acceptors (Lipinski definition) is 3. The van der Waals surface area contributed by atoms with Crippen molar-refractivity contribution in [3.63, 3.8) is 0 Å². The first kappa shape index (κ1) is 18.8. The van der Waals surface area contributed by atoms with Crippen LogP contribution >= 0.6 is 35.4 Å². The van der Waals surface area contributed by atoms with Crippen LogP contribution in [0.1, 0.15) is 23.6 Å². The van der Waals surface area contributed by atoms with Crippen LogP contribution in [0, 0.1) is 6.92 Å². The van der Waals surface area contributed by atoms with Crippen LogP contribution in [-0.2, 0) is 17.8 Å². The fourth-order valence-corrected chi connectivity index (χ4v) is 2.90. The first-order valence-electron chi connectivity index (χ1n) is 7.50. The molecule has 2 rings (SSSR count). The van der Waals surface area contributed by atoms with Gasteiger partial charge in [0.2, 0.25) is 0 Å². The second-order valence-electron chi connectivity index (χ2n) is 5.23. The summed E-state index contributed by atoms with van der Waals surface area (Å²) in [5.41, 5.74) is 3.88. The van der Waals surface area contributed by atoms with E-state index in [0.29, 0.717) is 15.8 Å². The van der Waals surface area contributed by atoms with Gasteiger partial charge in [-0.3, -0.25) is 0 Å². The van der Waals surface area contributed by atoms with Crippen LogP contribution in [0.3, 0.4) is 0 Å². The molecule has 2 aromatic rings. The molecular weight excluding hydrogens is 365 g/mol. The average Bonchev–Trinajstić information content (AvgIpc) is 2.56. The number of benzene rings is 2. The maximum Gasteiger partial charge on any atom is 0.260 e. The summed E-state index contributed by atoms with van der Waals surface area (Å²) in [5.74, 6) is 0.631. The van der Waals surface area contributed by atoms with Gasteiger partial charge in [0.25, 0.3) is 5.17 Å². The molecule has 0 saturated heterocycles. The van der Waals surface area contributed by atoms with Crippen molar-refractivity contribution in [1.29, 1.82) is 0 Å². The van der Waals surface area contributed by atoms with E-state index in [1.54, 1.807) is 6.07 Å². The van der Waals surface area contributed by atoms with Gasteiger partial charge in [0.15, 0.2) is 0 Å². The third-order valence-electron chi connectivity index (χ3n) is 3.68. The molecule has 3 nitrogen and oxygen atoms in total. The lowest BCUT2D eigenvalue weighted by molar-refractivity contribution is 0.307. The molecule has 0 spiro atoms. The van der Waals surface area contributed by atoms with Crippen molar-refractivity contribution in [3.8, 4) is 5.75 Å². The highest BCUT2D eigenvalue weighted by molar-refractivity contribution is 7.80. The van der Waals surface area contributed by atoms with Gasteiger partial charge < -0.3 is 14.8 Å². The molecule has 0 radical (unpaired) electrons. The lowest BCUT2D eigenvalue weighted by Gasteiger charge is -2.16. The molecule has 24 heavy (non-hydrogen) atoms. The summed E-state index contributed by atoms with van der Waals surface area (Å²) in [7, 11) is 1.51. The van der Waals surface area contributed by atoms with Crippen LogP contribution in [0.5, 0.6) is 5.75 Å². The lowest BCUT2D eigenvalue weighted by Crippen LogP contribution is -2.13. The molecule has 0 atom stereocenters. The van der Waals surface area contributed by atoms with Gasteiger partial charge in [-0.25, -0.2) is 0 Å². The van der Waals surface area contributed by atoms with Gasteiger partial charge in [-0.1, -0.05) is 36.2 Å². The molecule has 0 aliphatic rings. The molecule has 128 valence electrons. The van der Waals surface area contributed by atoms with Gasteiger partial charge in [-0.2, -0.15) is 0 Å². The number of nitrogens with one attached hydrogen (secondary N) is 1. The van der Waals surface area contributed by atoms with Crippen LogP contribution in [0.2, 0.25) is 10.0 Å². The van der Waals surface area contributed by atoms with E-state index in [2.05, 4.69) is 12.2 Å².